The minimum absolute atomic E-state index is 0.0787. The van der Waals surface area contributed by atoms with Gasteiger partial charge in [-0.25, -0.2) is 0 Å². The zero-order chi connectivity index (χ0) is 14.2. The van der Waals surface area contributed by atoms with E-state index in [2.05, 4.69) is 0 Å². The molecule has 19 heavy (non-hydrogen) atoms. The average Bonchev–Trinajstić information content (AvgIpc) is 2.68. The lowest BCUT2D eigenvalue weighted by atomic mass is 9.78. The second-order valence-corrected chi connectivity index (χ2v) is 5.92. The zero-order valence-electron chi connectivity index (χ0n) is 11.1. The summed E-state index contributed by atoms with van der Waals surface area (Å²) in [6, 6.07) is -0.114. The molecule has 0 aromatic carbocycles. The summed E-state index contributed by atoms with van der Waals surface area (Å²) in [4.78, 5) is 13.9. The van der Waals surface area contributed by atoms with Crippen LogP contribution in [0.2, 0.25) is 0 Å². The van der Waals surface area contributed by atoms with E-state index in [4.69, 9.17) is 5.73 Å². The van der Waals surface area contributed by atoms with Crippen LogP contribution in [0.5, 0.6) is 0 Å². The number of rotatable bonds is 1. The molecule has 1 heterocycles. The third kappa shape index (κ3) is 3.04. The first-order valence-electron chi connectivity index (χ1n) is 6.91. The summed E-state index contributed by atoms with van der Waals surface area (Å²) < 4.78 is 39.0. The Bertz CT molecular complexity index is 335. The minimum atomic E-state index is -4.27. The van der Waals surface area contributed by atoms with E-state index in [9.17, 15) is 18.0 Å². The number of alkyl halides is 3. The number of nitrogens with two attached hydrogens (primary N) is 1. The molecule has 6 heteroatoms. The highest BCUT2D eigenvalue weighted by Crippen LogP contribution is 2.42. The third-order valence-electron chi connectivity index (χ3n) is 4.49. The Balaban J connectivity index is 2.08. The standard InChI is InChI=1S/C13H21F3N2O/c1-8-6-18(7-11(8)17)12(19)9-4-2-3-5-10(9)13(14,15)16/h8-11H,2-7,17H2,1H3. The van der Waals surface area contributed by atoms with Gasteiger partial charge in [0.25, 0.3) is 0 Å². The number of hydrogen-bond acceptors (Lipinski definition) is 2. The molecule has 2 aliphatic rings. The van der Waals surface area contributed by atoms with E-state index >= 15 is 0 Å². The number of halogens is 3. The van der Waals surface area contributed by atoms with E-state index in [0.29, 0.717) is 32.4 Å². The Morgan fingerprint density at radius 1 is 1.21 bits per heavy atom. The fourth-order valence-corrected chi connectivity index (χ4v) is 3.22. The van der Waals surface area contributed by atoms with Gasteiger partial charge in [0.2, 0.25) is 5.91 Å². The summed E-state index contributed by atoms with van der Waals surface area (Å²) in [5.41, 5.74) is 5.84. The van der Waals surface area contributed by atoms with Crippen LogP contribution >= 0.6 is 0 Å². The van der Waals surface area contributed by atoms with Crippen molar-refractivity contribution in [2.24, 2.45) is 23.5 Å². The highest BCUT2D eigenvalue weighted by Gasteiger charge is 2.49. The number of likely N-dealkylation sites (tertiary alicyclic amines) is 1. The van der Waals surface area contributed by atoms with Crippen molar-refractivity contribution in [1.29, 1.82) is 0 Å². The number of hydrogen-bond donors (Lipinski definition) is 1. The molecular weight excluding hydrogens is 257 g/mol. The van der Waals surface area contributed by atoms with Crippen LogP contribution in [0.3, 0.4) is 0 Å². The fraction of sp³-hybridized carbons (Fsp3) is 0.923. The van der Waals surface area contributed by atoms with Crippen LogP contribution in [-0.4, -0.2) is 36.1 Å². The second-order valence-electron chi connectivity index (χ2n) is 5.92. The van der Waals surface area contributed by atoms with Gasteiger partial charge in [0.1, 0.15) is 0 Å². The van der Waals surface area contributed by atoms with Crippen LogP contribution in [0.4, 0.5) is 13.2 Å². The number of carbonyl (C=O) groups excluding carboxylic acids is 1. The summed E-state index contributed by atoms with van der Waals surface area (Å²) in [6.45, 7) is 2.81. The summed E-state index contributed by atoms with van der Waals surface area (Å²) in [7, 11) is 0. The molecule has 2 rings (SSSR count). The summed E-state index contributed by atoms with van der Waals surface area (Å²) in [6.07, 6.45) is -2.57. The lowest BCUT2D eigenvalue weighted by Crippen LogP contribution is -2.44. The van der Waals surface area contributed by atoms with E-state index < -0.39 is 18.0 Å². The topological polar surface area (TPSA) is 46.3 Å². The molecule has 1 aliphatic carbocycles. The molecule has 110 valence electrons. The van der Waals surface area contributed by atoms with Gasteiger partial charge in [0.05, 0.1) is 5.92 Å². The van der Waals surface area contributed by atoms with E-state index in [1.54, 1.807) is 0 Å². The summed E-state index contributed by atoms with van der Waals surface area (Å²) >= 11 is 0. The normalized spacial score (nSPS) is 36.6. The van der Waals surface area contributed by atoms with Crippen molar-refractivity contribution in [2.45, 2.75) is 44.8 Å². The molecule has 1 amide bonds. The molecule has 0 aromatic heterocycles. The van der Waals surface area contributed by atoms with Crippen molar-refractivity contribution in [1.82, 2.24) is 4.90 Å². The molecule has 4 atom stereocenters. The van der Waals surface area contributed by atoms with Gasteiger partial charge in [-0.05, 0) is 18.8 Å². The minimum Gasteiger partial charge on any atom is -0.341 e. The maximum atomic E-state index is 13.0. The molecule has 4 unspecified atom stereocenters. The van der Waals surface area contributed by atoms with Crippen molar-refractivity contribution < 1.29 is 18.0 Å². The molecule has 0 bridgehead atoms. The molecule has 0 spiro atoms. The maximum Gasteiger partial charge on any atom is 0.392 e. The molecule has 2 fully saturated rings. The van der Waals surface area contributed by atoms with Crippen LogP contribution in [0.25, 0.3) is 0 Å². The summed E-state index contributed by atoms with van der Waals surface area (Å²) in [5.74, 6) is -2.55. The largest absolute Gasteiger partial charge is 0.392 e. The predicted molar refractivity (Wildman–Crippen MR) is 65.2 cm³/mol. The van der Waals surface area contributed by atoms with Gasteiger partial charge in [-0.2, -0.15) is 13.2 Å². The molecule has 0 aromatic rings. The van der Waals surface area contributed by atoms with Crippen molar-refractivity contribution in [3.8, 4) is 0 Å². The third-order valence-corrected chi connectivity index (χ3v) is 4.49. The Labute approximate surface area is 111 Å². The Kier molecular flexibility index (Phi) is 4.08. The Morgan fingerprint density at radius 2 is 1.84 bits per heavy atom. The van der Waals surface area contributed by atoms with E-state index in [1.165, 1.54) is 4.90 Å². The molecule has 0 radical (unpaired) electrons. The molecule has 1 saturated carbocycles. The monoisotopic (exact) mass is 278 g/mol. The van der Waals surface area contributed by atoms with Crippen molar-refractivity contribution in [3.63, 3.8) is 0 Å². The van der Waals surface area contributed by atoms with Gasteiger partial charge >= 0.3 is 6.18 Å². The lowest BCUT2D eigenvalue weighted by molar-refractivity contribution is -0.200. The van der Waals surface area contributed by atoms with Crippen LogP contribution in [0, 0.1) is 17.8 Å². The van der Waals surface area contributed by atoms with Crippen molar-refractivity contribution in [2.75, 3.05) is 13.1 Å². The Morgan fingerprint density at radius 3 is 2.37 bits per heavy atom. The zero-order valence-corrected chi connectivity index (χ0v) is 11.1. The van der Waals surface area contributed by atoms with Gasteiger partial charge in [-0.15, -0.1) is 0 Å². The molecular formula is C13H21F3N2O. The summed E-state index contributed by atoms with van der Waals surface area (Å²) in [5, 5.41) is 0. The number of nitrogens with zero attached hydrogens (tertiary/aromatic N) is 1. The van der Waals surface area contributed by atoms with Gasteiger partial charge in [0.15, 0.2) is 0 Å². The number of amides is 1. The first-order valence-corrected chi connectivity index (χ1v) is 6.91. The Hall–Kier alpha value is -0.780. The van der Waals surface area contributed by atoms with E-state index in [1.807, 2.05) is 6.92 Å². The number of carbonyl (C=O) groups is 1. The molecule has 2 N–H and O–H groups in total. The van der Waals surface area contributed by atoms with Crippen molar-refractivity contribution >= 4 is 5.91 Å². The van der Waals surface area contributed by atoms with Gasteiger partial charge in [-0.1, -0.05) is 19.8 Å². The van der Waals surface area contributed by atoms with Crippen LogP contribution in [0.1, 0.15) is 32.6 Å². The highest BCUT2D eigenvalue weighted by molar-refractivity contribution is 5.79. The highest BCUT2D eigenvalue weighted by atomic mass is 19.4. The van der Waals surface area contributed by atoms with E-state index in [-0.39, 0.29) is 24.3 Å². The molecule has 1 aliphatic heterocycles. The second kappa shape index (κ2) is 5.31. The predicted octanol–water partition coefficient (Wildman–Crippen LogP) is 2.16. The smallest absolute Gasteiger partial charge is 0.341 e. The van der Waals surface area contributed by atoms with E-state index in [0.717, 1.165) is 0 Å². The van der Waals surface area contributed by atoms with Gasteiger partial charge in [0, 0.05) is 25.0 Å². The molecule has 1 saturated heterocycles. The first kappa shape index (κ1) is 14.6. The lowest BCUT2D eigenvalue weighted by Gasteiger charge is -2.34. The van der Waals surface area contributed by atoms with Gasteiger partial charge in [-0.3, -0.25) is 4.79 Å². The maximum absolute atomic E-state index is 13.0. The van der Waals surface area contributed by atoms with Crippen LogP contribution in [-0.2, 0) is 4.79 Å². The van der Waals surface area contributed by atoms with Crippen molar-refractivity contribution in [3.05, 3.63) is 0 Å². The quantitative estimate of drug-likeness (QED) is 0.799. The molecule has 3 nitrogen and oxygen atoms in total. The van der Waals surface area contributed by atoms with Crippen LogP contribution < -0.4 is 5.73 Å². The average molecular weight is 278 g/mol. The SMILES string of the molecule is CC1CN(C(=O)C2CCCCC2C(F)(F)F)CC1N. The first-order chi connectivity index (χ1) is 8.80. The van der Waals surface area contributed by atoms with Gasteiger partial charge < -0.3 is 10.6 Å². The fourth-order valence-electron chi connectivity index (χ4n) is 3.22. The van der Waals surface area contributed by atoms with Crippen LogP contribution in [0.15, 0.2) is 0 Å².